The molecule has 0 saturated heterocycles. The van der Waals surface area contributed by atoms with Gasteiger partial charge in [0.15, 0.2) is 12.0 Å². The van der Waals surface area contributed by atoms with Gasteiger partial charge in [0.2, 0.25) is 0 Å². The molecule has 4 heteroatoms. The van der Waals surface area contributed by atoms with Crippen molar-refractivity contribution in [3.8, 4) is 5.75 Å². The normalized spacial score (nSPS) is 10.4. The average molecular weight is 260 g/mol. The molecule has 4 nitrogen and oxygen atoms in total. The summed E-state index contributed by atoms with van der Waals surface area (Å²) in [7, 11) is 1.69. The molecule has 0 saturated carbocycles. The number of carbonyl (C=O) groups excluding carboxylic acids is 1. The molecule has 1 aromatic heterocycles. The fourth-order valence-electron chi connectivity index (χ4n) is 1.66. The molecule has 0 aliphatic rings. The van der Waals surface area contributed by atoms with E-state index in [1.54, 1.807) is 19.2 Å². The van der Waals surface area contributed by atoms with Crippen LogP contribution in [-0.4, -0.2) is 20.0 Å². The molecule has 1 aromatic carbocycles. The zero-order chi connectivity index (χ0) is 13.5. The molecule has 0 spiro atoms. The van der Waals surface area contributed by atoms with Gasteiger partial charge in [-0.2, -0.15) is 0 Å². The largest absolute Gasteiger partial charge is 0.486 e. The highest BCUT2D eigenvalue weighted by Gasteiger charge is 2.02. The number of benzene rings is 1. The summed E-state index contributed by atoms with van der Waals surface area (Å²) >= 11 is 0. The zero-order valence-electron chi connectivity index (χ0n) is 10.8. The van der Waals surface area contributed by atoms with Crippen LogP contribution < -0.4 is 4.74 Å². The minimum Gasteiger partial charge on any atom is -0.486 e. The van der Waals surface area contributed by atoms with Crippen LogP contribution in [0, 0.1) is 0 Å². The maximum absolute atomic E-state index is 10.5. The first-order valence-corrected chi connectivity index (χ1v) is 6.06. The molecule has 1 heterocycles. The molecular formula is C15H16O4. The Bertz CT molecular complexity index is 513. The molecule has 0 N–H and O–H groups in total. The number of rotatable bonds is 7. The van der Waals surface area contributed by atoms with Crippen LogP contribution in [0.1, 0.15) is 21.9 Å². The zero-order valence-corrected chi connectivity index (χ0v) is 10.8. The fourth-order valence-corrected chi connectivity index (χ4v) is 1.66. The van der Waals surface area contributed by atoms with Crippen LogP contribution in [0.2, 0.25) is 0 Å². The first-order chi connectivity index (χ1) is 9.31. The summed E-state index contributed by atoms with van der Waals surface area (Å²) in [5.74, 6) is 1.71. The van der Waals surface area contributed by atoms with E-state index in [9.17, 15) is 4.79 Å². The standard InChI is InChI=1S/C15H16O4/c1-17-9-8-12-2-4-13(5-3-12)18-11-15-7-6-14(10-16)19-15/h2-7,10H,8-9,11H2,1H3. The summed E-state index contributed by atoms with van der Waals surface area (Å²) in [6.07, 6.45) is 1.56. The lowest BCUT2D eigenvalue weighted by Gasteiger charge is -2.05. The van der Waals surface area contributed by atoms with E-state index in [1.807, 2.05) is 24.3 Å². The Labute approximate surface area is 111 Å². The van der Waals surface area contributed by atoms with Crippen LogP contribution >= 0.6 is 0 Å². The van der Waals surface area contributed by atoms with E-state index in [4.69, 9.17) is 13.9 Å². The molecule has 0 atom stereocenters. The molecule has 0 amide bonds. The maximum atomic E-state index is 10.5. The van der Waals surface area contributed by atoms with Gasteiger partial charge in [-0.15, -0.1) is 0 Å². The van der Waals surface area contributed by atoms with Gasteiger partial charge in [-0.05, 0) is 36.2 Å². The van der Waals surface area contributed by atoms with Crippen LogP contribution in [0.5, 0.6) is 5.75 Å². The Morgan fingerprint density at radius 1 is 1.16 bits per heavy atom. The number of carbonyl (C=O) groups is 1. The summed E-state index contributed by atoms with van der Waals surface area (Å²) in [4.78, 5) is 10.5. The summed E-state index contributed by atoms with van der Waals surface area (Å²) in [5, 5.41) is 0. The highest BCUT2D eigenvalue weighted by molar-refractivity contribution is 5.70. The van der Waals surface area contributed by atoms with Crippen molar-refractivity contribution < 1.29 is 18.7 Å². The predicted molar refractivity (Wildman–Crippen MR) is 70.4 cm³/mol. The Hall–Kier alpha value is -2.07. The van der Waals surface area contributed by atoms with E-state index < -0.39 is 0 Å². The van der Waals surface area contributed by atoms with E-state index >= 15 is 0 Å². The summed E-state index contributed by atoms with van der Waals surface area (Å²) < 4.78 is 15.8. The molecule has 19 heavy (non-hydrogen) atoms. The van der Waals surface area contributed by atoms with Crippen molar-refractivity contribution in [2.75, 3.05) is 13.7 Å². The number of ether oxygens (including phenoxy) is 2. The van der Waals surface area contributed by atoms with Gasteiger partial charge in [-0.1, -0.05) is 12.1 Å². The second-order valence-corrected chi connectivity index (χ2v) is 4.10. The molecule has 100 valence electrons. The van der Waals surface area contributed by atoms with Crippen LogP contribution in [0.4, 0.5) is 0 Å². The Morgan fingerprint density at radius 2 is 1.95 bits per heavy atom. The highest BCUT2D eigenvalue weighted by atomic mass is 16.5. The Kier molecular flexibility index (Phi) is 4.75. The minimum absolute atomic E-state index is 0.311. The van der Waals surface area contributed by atoms with Crippen molar-refractivity contribution in [1.82, 2.24) is 0 Å². The first-order valence-electron chi connectivity index (χ1n) is 6.06. The molecule has 2 aromatic rings. The van der Waals surface area contributed by atoms with Crippen molar-refractivity contribution in [3.63, 3.8) is 0 Å². The Morgan fingerprint density at radius 3 is 2.58 bits per heavy atom. The first kappa shape index (κ1) is 13.4. The second kappa shape index (κ2) is 6.75. The number of hydrogen-bond acceptors (Lipinski definition) is 4. The van der Waals surface area contributed by atoms with E-state index in [2.05, 4.69) is 0 Å². The van der Waals surface area contributed by atoms with Crippen LogP contribution in [-0.2, 0) is 17.8 Å². The number of aldehydes is 1. The Balaban J connectivity index is 1.87. The van der Waals surface area contributed by atoms with Gasteiger partial charge in [0.05, 0.1) is 6.61 Å². The molecule has 2 rings (SSSR count). The van der Waals surface area contributed by atoms with Crippen molar-refractivity contribution in [1.29, 1.82) is 0 Å². The second-order valence-electron chi connectivity index (χ2n) is 4.10. The molecule has 0 bridgehead atoms. The van der Waals surface area contributed by atoms with E-state index in [0.29, 0.717) is 31.0 Å². The monoisotopic (exact) mass is 260 g/mol. The summed E-state index contributed by atoms with van der Waals surface area (Å²) in [6, 6.07) is 11.2. The topological polar surface area (TPSA) is 48.7 Å². The number of hydrogen-bond donors (Lipinski definition) is 0. The van der Waals surface area contributed by atoms with Gasteiger partial charge in [0, 0.05) is 7.11 Å². The summed E-state index contributed by atoms with van der Waals surface area (Å²) in [5.41, 5.74) is 1.20. The number of methoxy groups -OCH3 is 1. The van der Waals surface area contributed by atoms with E-state index in [-0.39, 0.29) is 0 Å². The highest BCUT2D eigenvalue weighted by Crippen LogP contribution is 2.15. The molecule has 0 radical (unpaired) electrons. The molecule has 0 unspecified atom stereocenters. The van der Waals surface area contributed by atoms with Gasteiger partial charge in [0.1, 0.15) is 18.1 Å². The predicted octanol–water partition coefficient (Wildman–Crippen LogP) is 2.86. The van der Waals surface area contributed by atoms with Crippen LogP contribution in [0.15, 0.2) is 40.8 Å². The number of furan rings is 1. The smallest absolute Gasteiger partial charge is 0.185 e. The lowest BCUT2D eigenvalue weighted by atomic mass is 10.1. The average Bonchev–Trinajstić information content (AvgIpc) is 2.92. The van der Waals surface area contributed by atoms with Gasteiger partial charge >= 0.3 is 0 Å². The third-order valence-electron chi connectivity index (χ3n) is 2.70. The van der Waals surface area contributed by atoms with E-state index in [0.717, 1.165) is 12.2 Å². The maximum Gasteiger partial charge on any atom is 0.185 e. The van der Waals surface area contributed by atoms with E-state index in [1.165, 1.54) is 5.56 Å². The minimum atomic E-state index is 0.311. The van der Waals surface area contributed by atoms with Gasteiger partial charge in [-0.25, -0.2) is 0 Å². The molecule has 0 fully saturated rings. The van der Waals surface area contributed by atoms with Crippen molar-refractivity contribution in [2.45, 2.75) is 13.0 Å². The molecule has 0 aliphatic heterocycles. The van der Waals surface area contributed by atoms with Gasteiger partial charge in [0.25, 0.3) is 0 Å². The quantitative estimate of drug-likeness (QED) is 0.718. The lowest BCUT2D eigenvalue weighted by molar-refractivity contribution is 0.109. The summed E-state index contributed by atoms with van der Waals surface area (Å²) in [6.45, 7) is 1.02. The molecular weight excluding hydrogens is 244 g/mol. The van der Waals surface area contributed by atoms with Crippen molar-refractivity contribution >= 4 is 6.29 Å². The van der Waals surface area contributed by atoms with Crippen molar-refractivity contribution in [3.05, 3.63) is 53.5 Å². The molecule has 0 aliphatic carbocycles. The fraction of sp³-hybridized carbons (Fsp3) is 0.267. The van der Waals surface area contributed by atoms with Crippen LogP contribution in [0.3, 0.4) is 0 Å². The van der Waals surface area contributed by atoms with Crippen LogP contribution in [0.25, 0.3) is 0 Å². The van der Waals surface area contributed by atoms with Crippen molar-refractivity contribution in [2.24, 2.45) is 0 Å². The van der Waals surface area contributed by atoms with Gasteiger partial charge in [-0.3, -0.25) is 4.79 Å². The van der Waals surface area contributed by atoms with Gasteiger partial charge < -0.3 is 13.9 Å². The lowest BCUT2D eigenvalue weighted by Crippen LogP contribution is -1.96. The third-order valence-corrected chi connectivity index (χ3v) is 2.70. The third kappa shape index (κ3) is 3.96. The SMILES string of the molecule is COCCc1ccc(OCc2ccc(C=O)o2)cc1.